The normalized spacial score (nSPS) is 11.4. The van der Waals surface area contributed by atoms with Crippen LogP contribution in [0.1, 0.15) is 36.0 Å². The number of rotatable bonds is 7. The lowest BCUT2D eigenvalue weighted by Gasteiger charge is -1.98. The number of unbranched alkanes of at least 4 members (excludes halogenated alkanes) is 1. The van der Waals surface area contributed by atoms with Crippen molar-refractivity contribution in [2.75, 3.05) is 0 Å². The van der Waals surface area contributed by atoms with Gasteiger partial charge < -0.3 is 0 Å². The number of aryl methyl sites for hydroxylation is 2. The van der Waals surface area contributed by atoms with Crippen LogP contribution in [-0.4, -0.2) is 29.8 Å². The Kier molecular flexibility index (Phi) is 5.54. The quantitative estimate of drug-likeness (QED) is 0.464. The molecule has 0 bridgehead atoms. The summed E-state index contributed by atoms with van der Waals surface area (Å²) in [6.45, 7) is 4.18. The first kappa shape index (κ1) is 18.8. The molecule has 4 rings (SSSR count). The number of fused-ring (bicyclic) bond motifs is 1. The minimum Gasteiger partial charge on any atom is -0.267 e. The Morgan fingerprint density at radius 2 is 2.14 bits per heavy atom. The van der Waals surface area contributed by atoms with Crippen LogP contribution in [0.2, 0.25) is 0 Å². The van der Waals surface area contributed by atoms with Crippen LogP contribution >= 0.6 is 23.1 Å². The van der Waals surface area contributed by atoms with Crippen LogP contribution in [-0.2, 0) is 12.2 Å². The van der Waals surface area contributed by atoms with E-state index >= 15 is 0 Å². The minimum absolute atomic E-state index is 0.143. The molecule has 0 aliphatic heterocycles. The summed E-state index contributed by atoms with van der Waals surface area (Å²) in [6.07, 6.45) is 3.04. The number of thioether (sulfide) groups is 1. The summed E-state index contributed by atoms with van der Waals surface area (Å²) in [5.74, 6) is 1.26. The van der Waals surface area contributed by atoms with Gasteiger partial charge in [0, 0.05) is 23.8 Å². The maximum Gasteiger partial charge on any atom is 0.275 e. The molecule has 0 aliphatic carbocycles. The second-order valence-corrected chi connectivity index (χ2v) is 8.49. The zero-order valence-electron chi connectivity index (χ0n) is 15.7. The Morgan fingerprint density at radius 3 is 2.96 bits per heavy atom. The highest BCUT2D eigenvalue weighted by atomic mass is 32.2. The SMILES string of the molecule is CCCCc1nn2c(=O)cc(CSc3n[nH]c(-c4cccc(C)c4)n3)nc2s1. The summed E-state index contributed by atoms with van der Waals surface area (Å²) < 4.78 is 1.40. The van der Waals surface area contributed by atoms with E-state index in [9.17, 15) is 4.79 Å². The summed E-state index contributed by atoms with van der Waals surface area (Å²) in [6, 6.07) is 9.64. The van der Waals surface area contributed by atoms with Gasteiger partial charge in [-0.1, -0.05) is 60.2 Å². The van der Waals surface area contributed by atoms with Crippen molar-refractivity contribution in [2.45, 2.75) is 44.0 Å². The highest BCUT2D eigenvalue weighted by molar-refractivity contribution is 7.98. The Bertz CT molecular complexity index is 1160. The number of H-pyrrole nitrogens is 1. The number of hydrogen-bond donors (Lipinski definition) is 1. The van der Waals surface area contributed by atoms with Crippen molar-refractivity contribution in [1.82, 2.24) is 29.8 Å². The zero-order chi connectivity index (χ0) is 19.5. The number of aromatic amines is 1. The average Bonchev–Trinajstić information content (AvgIpc) is 3.32. The zero-order valence-corrected chi connectivity index (χ0v) is 17.3. The highest BCUT2D eigenvalue weighted by Gasteiger charge is 2.11. The molecule has 0 unspecified atom stereocenters. The first-order chi connectivity index (χ1) is 13.6. The number of aromatic nitrogens is 6. The molecule has 9 heteroatoms. The molecular weight excluding hydrogens is 392 g/mol. The van der Waals surface area contributed by atoms with Crippen LogP contribution < -0.4 is 5.56 Å². The van der Waals surface area contributed by atoms with E-state index < -0.39 is 0 Å². The Labute approximate surface area is 170 Å². The van der Waals surface area contributed by atoms with E-state index in [1.807, 2.05) is 25.1 Å². The highest BCUT2D eigenvalue weighted by Crippen LogP contribution is 2.23. The van der Waals surface area contributed by atoms with E-state index in [0.717, 1.165) is 35.7 Å². The Balaban J connectivity index is 1.49. The van der Waals surface area contributed by atoms with Crippen molar-refractivity contribution in [3.63, 3.8) is 0 Å². The number of hydrogen-bond acceptors (Lipinski definition) is 7. The molecular formula is C19H20N6OS2. The molecule has 4 aromatic rings. The van der Waals surface area contributed by atoms with E-state index in [1.54, 1.807) is 0 Å². The molecule has 0 aliphatic rings. The standard InChI is InChI=1S/C19H20N6OS2/c1-3-4-8-15-24-25-16(26)10-14(20-19(25)28-15)11-27-18-21-17(22-23-18)13-7-5-6-12(2)9-13/h5-7,9-10H,3-4,8,11H2,1-2H3,(H,21,22,23). The van der Waals surface area contributed by atoms with Gasteiger partial charge in [0.15, 0.2) is 5.82 Å². The molecule has 28 heavy (non-hydrogen) atoms. The third kappa shape index (κ3) is 4.15. The lowest BCUT2D eigenvalue weighted by atomic mass is 10.1. The molecule has 1 aromatic carbocycles. The molecule has 3 aromatic heterocycles. The number of nitrogens with zero attached hydrogens (tertiary/aromatic N) is 5. The molecule has 7 nitrogen and oxygen atoms in total. The Morgan fingerprint density at radius 1 is 1.25 bits per heavy atom. The van der Waals surface area contributed by atoms with Crippen LogP contribution in [0.3, 0.4) is 0 Å². The van der Waals surface area contributed by atoms with Gasteiger partial charge in [-0.25, -0.2) is 9.97 Å². The fourth-order valence-electron chi connectivity index (χ4n) is 2.77. The molecule has 0 amide bonds. The van der Waals surface area contributed by atoms with Crippen molar-refractivity contribution in [3.05, 3.63) is 57.0 Å². The van der Waals surface area contributed by atoms with Gasteiger partial charge in [-0.05, 0) is 19.4 Å². The molecule has 0 saturated carbocycles. The topological polar surface area (TPSA) is 88.8 Å². The molecule has 0 saturated heterocycles. The van der Waals surface area contributed by atoms with Crippen LogP contribution in [0.15, 0.2) is 40.3 Å². The fraction of sp³-hybridized carbons (Fsp3) is 0.316. The van der Waals surface area contributed by atoms with E-state index in [1.165, 1.54) is 39.2 Å². The first-order valence-electron chi connectivity index (χ1n) is 9.13. The third-order valence-electron chi connectivity index (χ3n) is 4.19. The van der Waals surface area contributed by atoms with Crippen molar-refractivity contribution in [3.8, 4) is 11.4 Å². The van der Waals surface area contributed by atoms with Crippen LogP contribution in [0.25, 0.3) is 16.3 Å². The smallest absolute Gasteiger partial charge is 0.267 e. The summed E-state index contributed by atoms with van der Waals surface area (Å²) in [5.41, 5.74) is 2.74. The molecule has 144 valence electrons. The summed E-state index contributed by atoms with van der Waals surface area (Å²) >= 11 is 2.94. The number of nitrogens with one attached hydrogen (secondary N) is 1. The average molecular weight is 413 g/mol. The molecule has 0 fully saturated rings. The van der Waals surface area contributed by atoms with Crippen LogP contribution in [0.4, 0.5) is 0 Å². The first-order valence-corrected chi connectivity index (χ1v) is 10.9. The molecule has 0 radical (unpaired) electrons. The van der Waals surface area contributed by atoms with Crippen molar-refractivity contribution in [2.24, 2.45) is 0 Å². The maximum absolute atomic E-state index is 12.3. The maximum atomic E-state index is 12.3. The van der Waals surface area contributed by atoms with Crippen LogP contribution in [0.5, 0.6) is 0 Å². The van der Waals surface area contributed by atoms with E-state index in [-0.39, 0.29) is 5.56 Å². The molecule has 3 heterocycles. The van der Waals surface area contributed by atoms with Crippen molar-refractivity contribution >= 4 is 28.1 Å². The lowest BCUT2D eigenvalue weighted by molar-refractivity contribution is 0.761. The predicted octanol–water partition coefficient (Wildman–Crippen LogP) is 3.88. The van der Waals surface area contributed by atoms with Gasteiger partial charge in [-0.15, -0.1) is 5.10 Å². The lowest BCUT2D eigenvalue weighted by Crippen LogP contribution is -2.15. The summed E-state index contributed by atoms with van der Waals surface area (Å²) in [7, 11) is 0. The minimum atomic E-state index is -0.143. The van der Waals surface area contributed by atoms with E-state index in [4.69, 9.17) is 0 Å². The van der Waals surface area contributed by atoms with Gasteiger partial charge in [0.2, 0.25) is 10.1 Å². The summed E-state index contributed by atoms with van der Waals surface area (Å²) in [5, 5.41) is 13.2. The van der Waals surface area contributed by atoms with Gasteiger partial charge >= 0.3 is 0 Å². The second kappa shape index (κ2) is 8.24. The third-order valence-corrected chi connectivity index (χ3v) is 6.04. The Hall–Kier alpha value is -2.52. The predicted molar refractivity (Wildman–Crippen MR) is 112 cm³/mol. The number of benzene rings is 1. The van der Waals surface area contributed by atoms with E-state index in [2.05, 4.69) is 38.3 Å². The monoisotopic (exact) mass is 412 g/mol. The molecule has 0 atom stereocenters. The second-order valence-electron chi connectivity index (χ2n) is 6.50. The van der Waals surface area contributed by atoms with Crippen molar-refractivity contribution in [1.29, 1.82) is 0 Å². The van der Waals surface area contributed by atoms with Gasteiger partial charge in [0.05, 0.1) is 5.69 Å². The molecule has 1 N–H and O–H groups in total. The van der Waals surface area contributed by atoms with Gasteiger partial charge in [0.25, 0.3) is 5.56 Å². The van der Waals surface area contributed by atoms with E-state index in [0.29, 0.717) is 21.6 Å². The van der Waals surface area contributed by atoms with Gasteiger partial charge in [0.1, 0.15) is 5.01 Å². The van der Waals surface area contributed by atoms with Crippen molar-refractivity contribution < 1.29 is 0 Å². The largest absolute Gasteiger partial charge is 0.275 e. The molecule has 0 spiro atoms. The summed E-state index contributed by atoms with van der Waals surface area (Å²) in [4.78, 5) is 22.1. The van der Waals surface area contributed by atoms with Gasteiger partial charge in [-0.3, -0.25) is 9.89 Å². The van der Waals surface area contributed by atoms with Gasteiger partial charge in [-0.2, -0.15) is 9.61 Å². The van der Waals surface area contributed by atoms with Crippen LogP contribution in [0, 0.1) is 6.92 Å². The fourth-order valence-corrected chi connectivity index (χ4v) is 4.42.